The van der Waals surface area contributed by atoms with E-state index in [4.69, 9.17) is 4.74 Å². The highest BCUT2D eigenvalue weighted by Gasteiger charge is 2.11. The number of aryl methyl sites for hydroxylation is 1. The van der Waals surface area contributed by atoms with Gasteiger partial charge in [0.05, 0.1) is 6.61 Å². The van der Waals surface area contributed by atoms with Crippen LogP contribution >= 0.6 is 0 Å². The molecule has 0 unspecified atom stereocenters. The Labute approximate surface area is 147 Å². The molecule has 25 heavy (non-hydrogen) atoms. The highest BCUT2D eigenvalue weighted by molar-refractivity contribution is 5.96. The largest absolute Gasteiger partial charge is 0.383 e. The number of pyridine rings is 1. The van der Waals surface area contributed by atoms with Crippen LogP contribution in [0, 0.1) is 0 Å². The molecule has 2 amide bonds. The molecule has 0 bridgehead atoms. The molecule has 2 aromatic rings. The molecule has 0 aliphatic carbocycles. The predicted octanol–water partition coefficient (Wildman–Crippen LogP) is 1.82. The third kappa shape index (κ3) is 6.35. The molecule has 0 aliphatic heterocycles. The number of carbonyl (C=O) groups excluding carboxylic acids is 2. The van der Waals surface area contributed by atoms with Crippen molar-refractivity contribution in [2.45, 2.75) is 12.8 Å². The van der Waals surface area contributed by atoms with Crippen LogP contribution in [0.3, 0.4) is 0 Å². The van der Waals surface area contributed by atoms with Crippen LogP contribution in [-0.2, 0) is 11.2 Å². The lowest BCUT2D eigenvalue weighted by Crippen LogP contribution is -2.29. The zero-order valence-electron chi connectivity index (χ0n) is 14.3. The lowest BCUT2D eigenvalue weighted by Gasteiger charge is -2.07. The molecule has 0 spiro atoms. The zero-order valence-corrected chi connectivity index (χ0v) is 14.3. The maximum atomic E-state index is 12.2. The van der Waals surface area contributed by atoms with E-state index in [9.17, 15) is 9.59 Å². The Hall–Kier alpha value is -2.73. The second-order valence-electron chi connectivity index (χ2n) is 5.50. The van der Waals surface area contributed by atoms with E-state index < -0.39 is 0 Å². The minimum Gasteiger partial charge on any atom is -0.383 e. The Morgan fingerprint density at radius 2 is 1.56 bits per heavy atom. The van der Waals surface area contributed by atoms with E-state index >= 15 is 0 Å². The van der Waals surface area contributed by atoms with E-state index in [1.165, 1.54) is 5.56 Å². The molecular formula is C19H23N3O3. The van der Waals surface area contributed by atoms with Crippen molar-refractivity contribution in [2.24, 2.45) is 0 Å². The van der Waals surface area contributed by atoms with Gasteiger partial charge < -0.3 is 15.4 Å². The van der Waals surface area contributed by atoms with Gasteiger partial charge in [-0.05, 0) is 30.5 Å². The zero-order chi connectivity index (χ0) is 17.9. The van der Waals surface area contributed by atoms with Gasteiger partial charge in [0.2, 0.25) is 0 Å². The minimum atomic E-state index is -0.323. The van der Waals surface area contributed by atoms with Gasteiger partial charge in [-0.3, -0.25) is 9.59 Å². The first-order valence-electron chi connectivity index (χ1n) is 8.27. The average Bonchev–Trinajstić information content (AvgIpc) is 2.66. The van der Waals surface area contributed by atoms with Gasteiger partial charge in [0, 0.05) is 20.2 Å². The molecule has 132 valence electrons. The third-order valence-electron chi connectivity index (χ3n) is 3.58. The summed E-state index contributed by atoms with van der Waals surface area (Å²) in [6, 6.07) is 14.9. The fraction of sp³-hybridized carbons (Fsp3) is 0.316. The molecule has 0 radical (unpaired) electrons. The molecule has 1 aromatic heterocycles. The number of nitrogens with zero attached hydrogens (tertiary/aromatic N) is 1. The number of benzene rings is 1. The first-order chi connectivity index (χ1) is 12.2. The van der Waals surface area contributed by atoms with E-state index in [1.807, 2.05) is 18.2 Å². The van der Waals surface area contributed by atoms with Gasteiger partial charge in [-0.1, -0.05) is 36.4 Å². The van der Waals surface area contributed by atoms with Crippen molar-refractivity contribution in [2.75, 3.05) is 26.8 Å². The van der Waals surface area contributed by atoms with Crippen LogP contribution in [0.2, 0.25) is 0 Å². The van der Waals surface area contributed by atoms with Gasteiger partial charge in [-0.25, -0.2) is 4.98 Å². The Balaban J connectivity index is 1.81. The summed E-state index contributed by atoms with van der Waals surface area (Å²) in [5, 5.41) is 5.51. The van der Waals surface area contributed by atoms with Gasteiger partial charge >= 0.3 is 0 Å². The highest BCUT2D eigenvalue weighted by atomic mass is 16.5. The first kappa shape index (κ1) is 18.6. The molecule has 6 nitrogen and oxygen atoms in total. The standard InChI is InChI=1S/C19H23N3O3/c1-25-14-13-21-19(24)17-11-5-10-16(22-17)18(23)20-12-6-9-15-7-3-2-4-8-15/h2-5,7-8,10-11H,6,9,12-14H2,1H3,(H,20,23)(H,21,24). The highest BCUT2D eigenvalue weighted by Crippen LogP contribution is 2.03. The smallest absolute Gasteiger partial charge is 0.269 e. The van der Waals surface area contributed by atoms with E-state index in [1.54, 1.807) is 25.3 Å². The number of hydrogen-bond acceptors (Lipinski definition) is 4. The Bertz CT molecular complexity index is 689. The molecular weight excluding hydrogens is 318 g/mol. The molecule has 1 heterocycles. The summed E-state index contributed by atoms with van der Waals surface area (Å²) in [7, 11) is 1.56. The van der Waals surface area contributed by atoms with Crippen molar-refractivity contribution in [3.05, 3.63) is 65.5 Å². The molecule has 0 aliphatic rings. The van der Waals surface area contributed by atoms with Gasteiger partial charge in [0.1, 0.15) is 11.4 Å². The molecule has 1 aromatic carbocycles. The van der Waals surface area contributed by atoms with Crippen LogP contribution in [0.25, 0.3) is 0 Å². The molecule has 0 atom stereocenters. The molecule has 2 rings (SSSR count). The number of aromatic nitrogens is 1. The van der Waals surface area contributed by atoms with Crippen molar-refractivity contribution in [1.82, 2.24) is 15.6 Å². The minimum absolute atomic E-state index is 0.216. The first-order valence-corrected chi connectivity index (χ1v) is 8.27. The molecule has 6 heteroatoms. The van der Waals surface area contributed by atoms with E-state index in [-0.39, 0.29) is 23.2 Å². The van der Waals surface area contributed by atoms with Crippen LogP contribution in [0.5, 0.6) is 0 Å². The van der Waals surface area contributed by atoms with Crippen molar-refractivity contribution in [1.29, 1.82) is 0 Å². The van der Waals surface area contributed by atoms with Crippen LogP contribution in [-0.4, -0.2) is 43.6 Å². The summed E-state index contributed by atoms with van der Waals surface area (Å²) >= 11 is 0. The monoisotopic (exact) mass is 341 g/mol. The van der Waals surface area contributed by atoms with Crippen molar-refractivity contribution in [3.8, 4) is 0 Å². The second-order valence-corrected chi connectivity index (χ2v) is 5.50. The summed E-state index contributed by atoms with van der Waals surface area (Å²) in [4.78, 5) is 28.2. The normalized spacial score (nSPS) is 10.3. The Kier molecular flexibility index (Phi) is 7.59. The van der Waals surface area contributed by atoms with Crippen molar-refractivity contribution >= 4 is 11.8 Å². The summed E-state index contributed by atoms with van der Waals surface area (Å²) in [5.41, 5.74) is 1.69. The van der Waals surface area contributed by atoms with Crippen LogP contribution in [0.1, 0.15) is 33.0 Å². The quantitative estimate of drug-likeness (QED) is 0.682. The van der Waals surface area contributed by atoms with Gasteiger partial charge in [-0.2, -0.15) is 0 Å². The van der Waals surface area contributed by atoms with Gasteiger partial charge in [-0.15, -0.1) is 0 Å². The predicted molar refractivity (Wildman–Crippen MR) is 95.5 cm³/mol. The number of amides is 2. The van der Waals surface area contributed by atoms with Crippen molar-refractivity contribution < 1.29 is 14.3 Å². The summed E-state index contributed by atoms with van der Waals surface area (Å²) in [6.45, 7) is 1.37. The summed E-state index contributed by atoms with van der Waals surface area (Å²) in [6.07, 6.45) is 1.74. The number of carbonyl (C=O) groups is 2. The van der Waals surface area contributed by atoms with Crippen molar-refractivity contribution in [3.63, 3.8) is 0 Å². The van der Waals surface area contributed by atoms with Crippen LogP contribution in [0.15, 0.2) is 48.5 Å². The topological polar surface area (TPSA) is 80.3 Å². The number of ether oxygens (including phenoxy) is 1. The SMILES string of the molecule is COCCNC(=O)c1cccc(C(=O)NCCCc2ccccc2)n1. The lowest BCUT2D eigenvalue weighted by atomic mass is 10.1. The molecule has 0 saturated carbocycles. The lowest BCUT2D eigenvalue weighted by molar-refractivity contribution is 0.0931. The number of methoxy groups -OCH3 is 1. The van der Waals surface area contributed by atoms with E-state index in [0.29, 0.717) is 19.7 Å². The average molecular weight is 341 g/mol. The Morgan fingerprint density at radius 1 is 0.920 bits per heavy atom. The molecule has 2 N–H and O–H groups in total. The fourth-order valence-electron chi connectivity index (χ4n) is 2.27. The molecule has 0 saturated heterocycles. The number of hydrogen-bond donors (Lipinski definition) is 2. The second kappa shape index (κ2) is 10.2. The molecule has 0 fully saturated rings. The van der Waals surface area contributed by atoms with E-state index in [0.717, 1.165) is 12.8 Å². The number of rotatable bonds is 9. The Morgan fingerprint density at radius 3 is 2.20 bits per heavy atom. The van der Waals surface area contributed by atoms with Crippen LogP contribution in [0.4, 0.5) is 0 Å². The maximum absolute atomic E-state index is 12.2. The van der Waals surface area contributed by atoms with Crippen LogP contribution < -0.4 is 10.6 Å². The van der Waals surface area contributed by atoms with E-state index in [2.05, 4.69) is 27.8 Å². The fourth-order valence-corrected chi connectivity index (χ4v) is 2.27. The third-order valence-corrected chi connectivity index (χ3v) is 3.58. The maximum Gasteiger partial charge on any atom is 0.269 e. The van der Waals surface area contributed by atoms with Gasteiger partial charge in [0.15, 0.2) is 0 Å². The summed E-state index contributed by atoms with van der Waals surface area (Å²) < 4.78 is 4.88. The van der Waals surface area contributed by atoms with Gasteiger partial charge in [0.25, 0.3) is 11.8 Å². The number of nitrogens with one attached hydrogen (secondary N) is 2. The summed E-state index contributed by atoms with van der Waals surface area (Å²) in [5.74, 6) is -0.601.